The van der Waals surface area contributed by atoms with E-state index in [1.165, 1.54) is 175 Å². The van der Waals surface area contributed by atoms with E-state index in [1.807, 2.05) is 23.5 Å². The SMILES string of the molecule is CC1(C)c2ccccc2-c2ccc(N(c3ccc(-c4ccc5oc6ccccc6c5c4)cc3)c3ccc4cc(-c5ccc6c(c5)c5ccccc5n6-c5ccccc5)ccc4c3)cc21.CC1(C)c2ccccc2-c2ccc(N(c3ccc(-c4ccc5sc6ccccc6c5c4)cc3)c3ccc4cc(-c5ccc6c(c5)c5ccccc5n6-c5ccccc5)ccc4c3)cc21. The normalized spacial score (nSPS) is 13.0. The standard InChI is InChI=1S/C61H42N2O.C61H42N2S/c2*1-61(2)55-17-9-6-14-49(55)50-31-30-48(38-56(50)61)62(46-27-22-39(23-28-46)43-26-33-60-54(37-43)52-16-8-11-19-59(52)64-60)47-29-24-41-34-40(20-21-42(41)35-47)44-25-32-58-53(36-44)51-15-7-10-18-57(51)63(58)45-12-4-3-5-13-45/h2*3-38H,1-2H3. The Bertz CT molecular complexity index is 8130. The van der Waals surface area contributed by atoms with Gasteiger partial charge in [-0.1, -0.05) is 282 Å². The predicted octanol–water partition coefficient (Wildman–Crippen LogP) is 34.4. The van der Waals surface area contributed by atoms with Crippen molar-refractivity contribution in [1.29, 1.82) is 0 Å². The topological polar surface area (TPSA) is 29.5 Å². The number of fused-ring (bicyclic) bond motifs is 20. The van der Waals surface area contributed by atoms with Crippen LogP contribution in [0.25, 0.3) is 185 Å². The highest BCUT2D eigenvalue weighted by Crippen LogP contribution is 2.54. The third kappa shape index (κ3) is 12.2. The molecule has 604 valence electrons. The van der Waals surface area contributed by atoms with E-state index < -0.39 is 0 Å². The number of hydrogen-bond acceptors (Lipinski definition) is 4. The van der Waals surface area contributed by atoms with Gasteiger partial charge in [0.15, 0.2) is 0 Å². The zero-order chi connectivity index (χ0) is 85.0. The van der Waals surface area contributed by atoms with Gasteiger partial charge >= 0.3 is 0 Å². The summed E-state index contributed by atoms with van der Waals surface area (Å²) in [6, 6.07) is 161. The molecule has 0 amide bonds. The van der Waals surface area contributed by atoms with Crippen molar-refractivity contribution < 1.29 is 4.42 Å². The van der Waals surface area contributed by atoms with E-state index in [4.69, 9.17) is 4.42 Å². The summed E-state index contributed by atoms with van der Waals surface area (Å²) in [6.07, 6.45) is 0. The van der Waals surface area contributed by atoms with Gasteiger partial charge in [0.1, 0.15) is 11.2 Å². The largest absolute Gasteiger partial charge is 0.456 e. The molecule has 2 aliphatic rings. The van der Waals surface area contributed by atoms with Crippen molar-refractivity contribution in [3.05, 3.63) is 459 Å². The average molecular weight is 1650 g/mol. The van der Waals surface area contributed by atoms with Crippen molar-refractivity contribution in [1.82, 2.24) is 9.13 Å². The van der Waals surface area contributed by atoms with Gasteiger partial charge in [-0.2, -0.15) is 0 Å². The van der Waals surface area contributed by atoms with Crippen molar-refractivity contribution >= 4 is 153 Å². The van der Waals surface area contributed by atoms with Crippen LogP contribution in [0.1, 0.15) is 49.9 Å². The zero-order valence-corrected chi connectivity index (χ0v) is 72.0. The van der Waals surface area contributed by atoms with E-state index in [9.17, 15) is 0 Å². The molecule has 128 heavy (non-hydrogen) atoms. The summed E-state index contributed by atoms with van der Waals surface area (Å²) in [5.41, 5.74) is 35.9. The van der Waals surface area contributed by atoms with Crippen molar-refractivity contribution in [3.63, 3.8) is 0 Å². The first-order valence-corrected chi connectivity index (χ1v) is 45.1. The summed E-state index contributed by atoms with van der Waals surface area (Å²) in [6.45, 7) is 9.43. The van der Waals surface area contributed by atoms with E-state index in [0.29, 0.717) is 0 Å². The van der Waals surface area contributed by atoms with Gasteiger partial charge in [0.05, 0.1) is 22.1 Å². The van der Waals surface area contributed by atoms with Crippen LogP contribution in [0.4, 0.5) is 34.1 Å². The van der Waals surface area contributed by atoms with E-state index in [1.54, 1.807) is 0 Å². The van der Waals surface area contributed by atoms with Crippen molar-refractivity contribution in [2.24, 2.45) is 0 Å². The summed E-state index contributed by atoms with van der Waals surface area (Å²) >= 11 is 1.86. The third-order valence-corrected chi connectivity index (χ3v) is 28.7. The zero-order valence-electron chi connectivity index (χ0n) is 71.2. The fourth-order valence-electron chi connectivity index (χ4n) is 21.1. The van der Waals surface area contributed by atoms with Gasteiger partial charge in [-0.05, 0) is 293 Å². The first kappa shape index (κ1) is 74.7. The first-order valence-electron chi connectivity index (χ1n) is 44.3. The van der Waals surface area contributed by atoms with Crippen molar-refractivity contribution in [3.8, 4) is 78.1 Å². The highest BCUT2D eigenvalue weighted by molar-refractivity contribution is 7.25. The number of furan rings is 1. The first-order chi connectivity index (χ1) is 62.9. The van der Waals surface area contributed by atoms with Gasteiger partial charge in [0, 0.05) is 109 Å². The fourth-order valence-corrected chi connectivity index (χ4v) is 22.2. The molecule has 0 N–H and O–H groups in total. The second-order valence-corrected chi connectivity index (χ2v) is 36.6. The van der Waals surface area contributed by atoms with Crippen LogP contribution >= 0.6 is 11.3 Å². The number of nitrogens with zero attached hydrogens (tertiary/aromatic N) is 4. The van der Waals surface area contributed by atoms with Crippen LogP contribution in [-0.2, 0) is 10.8 Å². The molecule has 2 aliphatic carbocycles. The summed E-state index contributed by atoms with van der Waals surface area (Å²) in [5, 5.41) is 14.8. The van der Waals surface area contributed by atoms with Gasteiger partial charge in [0.25, 0.3) is 0 Å². The molecular weight excluding hydrogens is 1570 g/mol. The highest BCUT2D eigenvalue weighted by atomic mass is 32.1. The number of rotatable bonds is 12. The van der Waals surface area contributed by atoms with Gasteiger partial charge < -0.3 is 23.4 Å². The Morgan fingerprint density at radius 3 is 1.08 bits per heavy atom. The molecule has 4 aromatic heterocycles. The minimum atomic E-state index is -0.118. The van der Waals surface area contributed by atoms with Crippen LogP contribution in [0.5, 0.6) is 0 Å². The van der Waals surface area contributed by atoms with Crippen LogP contribution in [0.3, 0.4) is 0 Å². The lowest BCUT2D eigenvalue weighted by Crippen LogP contribution is -2.16. The summed E-state index contributed by atoms with van der Waals surface area (Å²) < 4.78 is 13.6. The van der Waals surface area contributed by atoms with Crippen LogP contribution in [0.2, 0.25) is 0 Å². The highest BCUT2D eigenvalue weighted by Gasteiger charge is 2.38. The Labute approximate surface area is 746 Å². The van der Waals surface area contributed by atoms with Gasteiger partial charge in [0.2, 0.25) is 0 Å². The Balaban J connectivity index is 0.000000139. The number of hydrogen-bond donors (Lipinski definition) is 0. The lowest BCUT2D eigenvalue weighted by molar-refractivity contribution is 0.660. The molecule has 26 rings (SSSR count). The number of para-hydroxylation sites is 5. The number of thiophene rings is 1. The second-order valence-electron chi connectivity index (χ2n) is 35.5. The van der Waals surface area contributed by atoms with Gasteiger partial charge in [-0.15, -0.1) is 11.3 Å². The summed E-state index contributed by atoms with van der Waals surface area (Å²) in [4.78, 5) is 4.85. The third-order valence-electron chi connectivity index (χ3n) is 27.5. The van der Waals surface area contributed by atoms with E-state index in [2.05, 4.69) is 471 Å². The molecule has 5 nitrogen and oxygen atoms in total. The van der Waals surface area contributed by atoms with Crippen LogP contribution < -0.4 is 9.80 Å². The molecule has 0 spiro atoms. The van der Waals surface area contributed by atoms with Crippen LogP contribution in [-0.4, -0.2) is 9.13 Å². The summed E-state index contributed by atoms with van der Waals surface area (Å²) in [7, 11) is 0. The van der Waals surface area contributed by atoms with Crippen molar-refractivity contribution in [2.45, 2.75) is 38.5 Å². The molecular formula is C122H84N4OS. The molecule has 0 fully saturated rings. The lowest BCUT2D eigenvalue weighted by Gasteiger charge is -2.28. The molecule has 0 saturated heterocycles. The molecule has 6 heteroatoms. The Morgan fingerprint density at radius 1 is 0.211 bits per heavy atom. The monoisotopic (exact) mass is 1650 g/mol. The second kappa shape index (κ2) is 29.4. The van der Waals surface area contributed by atoms with Crippen LogP contribution in [0, 0.1) is 0 Å². The smallest absolute Gasteiger partial charge is 0.135 e. The maximum Gasteiger partial charge on any atom is 0.135 e. The molecule has 24 aromatic rings. The van der Waals surface area contributed by atoms with Crippen molar-refractivity contribution in [2.75, 3.05) is 9.80 Å². The number of benzene rings is 20. The molecule has 0 unspecified atom stereocenters. The maximum atomic E-state index is 6.15. The Morgan fingerprint density at radius 2 is 0.547 bits per heavy atom. The number of aromatic nitrogens is 2. The maximum absolute atomic E-state index is 6.15. The Kier molecular flexibility index (Phi) is 17.2. The predicted molar refractivity (Wildman–Crippen MR) is 543 cm³/mol. The van der Waals surface area contributed by atoms with E-state index in [0.717, 1.165) is 67.2 Å². The van der Waals surface area contributed by atoms with Gasteiger partial charge in [-0.25, -0.2) is 0 Å². The molecule has 4 heterocycles. The molecule has 0 radical (unpaired) electrons. The molecule has 0 atom stereocenters. The van der Waals surface area contributed by atoms with Gasteiger partial charge in [-0.3, -0.25) is 0 Å². The quantitative estimate of drug-likeness (QED) is 0.122. The molecule has 0 aliphatic heterocycles. The minimum Gasteiger partial charge on any atom is -0.456 e. The molecule has 20 aromatic carbocycles. The fraction of sp³-hybridized carbons (Fsp3) is 0.0492. The Hall–Kier alpha value is -15.9. The average Bonchev–Trinajstić information content (AvgIpc) is 1.60. The van der Waals surface area contributed by atoms with Crippen LogP contribution in [0.15, 0.2) is 441 Å². The summed E-state index contributed by atoms with van der Waals surface area (Å²) in [5.74, 6) is 0. The molecule has 0 bridgehead atoms. The van der Waals surface area contributed by atoms with E-state index in [-0.39, 0.29) is 10.8 Å². The lowest BCUT2D eigenvalue weighted by atomic mass is 9.82. The minimum absolute atomic E-state index is 0.110. The van der Waals surface area contributed by atoms with E-state index >= 15 is 0 Å². The molecule has 0 saturated carbocycles. The number of anilines is 6.